The number of carbonyl (C=O) groups excluding carboxylic acids is 1. The Bertz CT molecular complexity index is 1030. The third-order valence-electron chi connectivity index (χ3n) is 4.65. The SMILES string of the molecule is CSCCn1nc(C)c(-c2ccc3c(c2)NC(=O)CO3)c1-c1ccc(F)cc1. The Labute approximate surface area is 166 Å². The lowest BCUT2D eigenvalue weighted by molar-refractivity contribution is -0.118. The zero-order valence-electron chi connectivity index (χ0n) is 15.7. The second kappa shape index (κ2) is 7.67. The van der Waals surface area contributed by atoms with Crippen molar-refractivity contribution in [3.8, 4) is 28.1 Å². The Balaban J connectivity index is 1.86. The maximum absolute atomic E-state index is 13.5. The normalized spacial score (nSPS) is 13.0. The van der Waals surface area contributed by atoms with Crippen molar-refractivity contribution in [3.63, 3.8) is 0 Å². The molecule has 1 aliphatic heterocycles. The van der Waals surface area contributed by atoms with Crippen LogP contribution >= 0.6 is 11.8 Å². The van der Waals surface area contributed by atoms with Gasteiger partial charge in [0.1, 0.15) is 11.6 Å². The number of rotatable bonds is 5. The molecule has 1 aliphatic rings. The second-order valence-corrected chi connectivity index (χ2v) is 7.57. The molecule has 4 rings (SSSR count). The van der Waals surface area contributed by atoms with Gasteiger partial charge in [-0.05, 0) is 55.1 Å². The largest absolute Gasteiger partial charge is 0.482 e. The number of benzene rings is 2. The first kappa shape index (κ1) is 18.6. The summed E-state index contributed by atoms with van der Waals surface area (Å²) in [6, 6.07) is 12.2. The van der Waals surface area contributed by atoms with Gasteiger partial charge in [0.25, 0.3) is 5.91 Å². The minimum atomic E-state index is -0.272. The summed E-state index contributed by atoms with van der Waals surface area (Å²) in [5, 5.41) is 7.59. The molecule has 0 saturated heterocycles. The molecule has 1 aromatic heterocycles. The van der Waals surface area contributed by atoms with Gasteiger partial charge in [0.05, 0.1) is 23.6 Å². The van der Waals surface area contributed by atoms with Gasteiger partial charge in [-0.3, -0.25) is 9.48 Å². The van der Waals surface area contributed by atoms with E-state index in [9.17, 15) is 9.18 Å². The van der Waals surface area contributed by atoms with E-state index in [1.165, 1.54) is 12.1 Å². The van der Waals surface area contributed by atoms with Crippen molar-refractivity contribution in [2.24, 2.45) is 0 Å². The molecule has 0 spiro atoms. The highest BCUT2D eigenvalue weighted by atomic mass is 32.2. The lowest BCUT2D eigenvalue weighted by Gasteiger charge is -2.19. The molecule has 0 aliphatic carbocycles. The number of nitrogens with one attached hydrogen (secondary N) is 1. The van der Waals surface area contributed by atoms with E-state index in [4.69, 9.17) is 9.84 Å². The van der Waals surface area contributed by atoms with Crippen LogP contribution in [0.15, 0.2) is 42.5 Å². The summed E-state index contributed by atoms with van der Waals surface area (Å²) in [6.45, 7) is 2.74. The average molecular weight is 397 g/mol. The van der Waals surface area contributed by atoms with E-state index in [-0.39, 0.29) is 18.3 Å². The van der Waals surface area contributed by atoms with Gasteiger partial charge in [-0.15, -0.1) is 0 Å². The van der Waals surface area contributed by atoms with Crippen molar-refractivity contribution in [1.82, 2.24) is 9.78 Å². The molecule has 1 amide bonds. The smallest absolute Gasteiger partial charge is 0.262 e. The number of nitrogens with zero attached hydrogens (tertiary/aromatic N) is 2. The minimum absolute atomic E-state index is 0.0266. The number of fused-ring (bicyclic) bond motifs is 1. The van der Waals surface area contributed by atoms with Gasteiger partial charge in [-0.1, -0.05) is 6.07 Å². The summed E-state index contributed by atoms with van der Waals surface area (Å²) in [4.78, 5) is 11.7. The second-order valence-electron chi connectivity index (χ2n) is 6.58. The number of thioether (sulfide) groups is 1. The lowest BCUT2D eigenvalue weighted by Crippen LogP contribution is -2.25. The van der Waals surface area contributed by atoms with Crippen LogP contribution < -0.4 is 10.1 Å². The molecule has 0 fully saturated rings. The van der Waals surface area contributed by atoms with Gasteiger partial charge in [-0.2, -0.15) is 16.9 Å². The van der Waals surface area contributed by atoms with Crippen LogP contribution in [-0.4, -0.2) is 34.3 Å². The number of amides is 1. The number of aromatic nitrogens is 2. The Morgan fingerprint density at radius 3 is 2.71 bits per heavy atom. The van der Waals surface area contributed by atoms with Crippen molar-refractivity contribution in [3.05, 3.63) is 54.0 Å². The van der Waals surface area contributed by atoms with Crippen molar-refractivity contribution in [1.29, 1.82) is 0 Å². The Hall–Kier alpha value is -2.80. The molecule has 2 aromatic carbocycles. The number of hydrogen-bond donors (Lipinski definition) is 1. The fourth-order valence-electron chi connectivity index (χ4n) is 3.41. The summed E-state index contributed by atoms with van der Waals surface area (Å²) in [6.07, 6.45) is 2.06. The van der Waals surface area contributed by atoms with E-state index in [0.717, 1.165) is 40.4 Å². The molecule has 2 heterocycles. The molecule has 0 radical (unpaired) electrons. The average Bonchev–Trinajstić information content (AvgIpc) is 3.02. The first-order chi connectivity index (χ1) is 13.6. The Morgan fingerprint density at radius 1 is 1.21 bits per heavy atom. The van der Waals surface area contributed by atoms with Crippen molar-refractivity contribution >= 4 is 23.4 Å². The van der Waals surface area contributed by atoms with E-state index in [0.29, 0.717) is 11.4 Å². The van der Waals surface area contributed by atoms with E-state index >= 15 is 0 Å². The zero-order valence-corrected chi connectivity index (χ0v) is 16.5. The zero-order chi connectivity index (χ0) is 19.7. The molecule has 7 heteroatoms. The molecule has 0 saturated carbocycles. The predicted octanol–water partition coefficient (Wildman–Crippen LogP) is 4.36. The van der Waals surface area contributed by atoms with Crippen LogP contribution in [0, 0.1) is 12.7 Å². The molecular weight excluding hydrogens is 377 g/mol. The molecular formula is C21H20FN3O2S. The summed E-state index contributed by atoms with van der Waals surface area (Å²) in [5.74, 6) is 1.13. The first-order valence-electron chi connectivity index (χ1n) is 8.96. The number of hydrogen-bond acceptors (Lipinski definition) is 4. The molecule has 144 valence electrons. The highest BCUT2D eigenvalue weighted by Crippen LogP contribution is 2.39. The first-order valence-corrected chi connectivity index (χ1v) is 10.4. The molecule has 5 nitrogen and oxygen atoms in total. The van der Waals surface area contributed by atoms with Crippen molar-refractivity contribution in [2.75, 3.05) is 23.9 Å². The van der Waals surface area contributed by atoms with Gasteiger partial charge >= 0.3 is 0 Å². The third-order valence-corrected chi connectivity index (χ3v) is 5.24. The Morgan fingerprint density at radius 2 is 1.96 bits per heavy atom. The number of anilines is 1. The van der Waals surface area contributed by atoms with E-state index in [1.54, 1.807) is 23.9 Å². The van der Waals surface area contributed by atoms with Crippen LogP contribution in [0.3, 0.4) is 0 Å². The fraction of sp³-hybridized carbons (Fsp3) is 0.238. The van der Waals surface area contributed by atoms with Crippen molar-refractivity contribution in [2.45, 2.75) is 13.5 Å². The van der Waals surface area contributed by atoms with Crippen LogP contribution in [-0.2, 0) is 11.3 Å². The van der Waals surface area contributed by atoms with Gasteiger partial charge < -0.3 is 10.1 Å². The standard InChI is InChI=1S/C21H20FN3O2S/c1-13-20(15-5-8-18-17(11-15)23-19(26)12-27-18)21(25(24-13)9-10-28-2)14-3-6-16(22)7-4-14/h3-8,11H,9-10,12H2,1-2H3,(H,23,26). The molecule has 0 unspecified atom stereocenters. The fourth-order valence-corrected chi connectivity index (χ4v) is 3.76. The topological polar surface area (TPSA) is 56.2 Å². The van der Waals surface area contributed by atoms with E-state index in [2.05, 4.69) is 11.6 Å². The highest BCUT2D eigenvalue weighted by Gasteiger charge is 2.22. The number of ether oxygens (including phenoxy) is 1. The van der Waals surface area contributed by atoms with Crippen LogP contribution in [0.1, 0.15) is 5.69 Å². The predicted molar refractivity (Wildman–Crippen MR) is 110 cm³/mol. The highest BCUT2D eigenvalue weighted by molar-refractivity contribution is 7.98. The van der Waals surface area contributed by atoms with E-state index in [1.807, 2.05) is 29.8 Å². The summed E-state index contributed by atoms with van der Waals surface area (Å²) >= 11 is 1.75. The van der Waals surface area contributed by atoms with Gasteiger partial charge in [0.2, 0.25) is 0 Å². The van der Waals surface area contributed by atoms with Crippen LogP contribution in [0.2, 0.25) is 0 Å². The van der Waals surface area contributed by atoms with Crippen LogP contribution in [0.5, 0.6) is 5.75 Å². The van der Waals surface area contributed by atoms with E-state index < -0.39 is 0 Å². The lowest BCUT2D eigenvalue weighted by atomic mass is 9.98. The number of halogens is 1. The number of aryl methyl sites for hydroxylation is 2. The molecule has 1 N–H and O–H groups in total. The minimum Gasteiger partial charge on any atom is -0.482 e. The summed E-state index contributed by atoms with van der Waals surface area (Å²) < 4.78 is 20.9. The number of carbonyl (C=O) groups is 1. The quantitative estimate of drug-likeness (QED) is 0.695. The summed E-state index contributed by atoms with van der Waals surface area (Å²) in [5.41, 5.74) is 5.26. The van der Waals surface area contributed by atoms with Gasteiger partial charge in [0.15, 0.2) is 6.61 Å². The Kier molecular flexibility index (Phi) is 5.09. The molecule has 28 heavy (non-hydrogen) atoms. The molecule has 0 atom stereocenters. The van der Waals surface area contributed by atoms with Gasteiger partial charge in [-0.25, -0.2) is 4.39 Å². The summed E-state index contributed by atoms with van der Waals surface area (Å²) in [7, 11) is 0. The maximum Gasteiger partial charge on any atom is 0.262 e. The maximum atomic E-state index is 13.5. The third kappa shape index (κ3) is 3.49. The monoisotopic (exact) mass is 397 g/mol. The van der Waals surface area contributed by atoms with Crippen LogP contribution in [0.25, 0.3) is 22.4 Å². The van der Waals surface area contributed by atoms with Crippen LogP contribution in [0.4, 0.5) is 10.1 Å². The molecule has 0 bridgehead atoms. The molecule has 3 aromatic rings. The van der Waals surface area contributed by atoms with Crippen molar-refractivity contribution < 1.29 is 13.9 Å². The van der Waals surface area contributed by atoms with Gasteiger partial charge in [0, 0.05) is 16.9 Å².